The predicted octanol–water partition coefficient (Wildman–Crippen LogP) is 3.71. The monoisotopic (exact) mass is 270 g/mol. The van der Waals surface area contributed by atoms with Crippen LogP contribution in [0.25, 0.3) is 0 Å². The third-order valence-electron chi connectivity index (χ3n) is 2.55. The van der Waals surface area contributed by atoms with Crippen molar-refractivity contribution in [2.45, 2.75) is 39.7 Å². The van der Waals surface area contributed by atoms with Gasteiger partial charge in [-0.15, -0.1) is 11.6 Å². The molecule has 0 aliphatic heterocycles. The first kappa shape index (κ1) is 15.1. The highest BCUT2D eigenvalue weighted by Crippen LogP contribution is 2.26. The molecule has 18 heavy (non-hydrogen) atoms. The molecule has 0 spiro atoms. The van der Waals surface area contributed by atoms with Gasteiger partial charge in [0.2, 0.25) is 0 Å². The summed E-state index contributed by atoms with van der Waals surface area (Å²) in [6, 6.07) is 3.87. The van der Waals surface area contributed by atoms with Gasteiger partial charge in [0.1, 0.15) is 0 Å². The van der Waals surface area contributed by atoms with Crippen molar-refractivity contribution in [1.82, 2.24) is 4.98 Å². The zero-order valence-electron chi connectivity index (χ0n) is 11.5. The molecule has 4 heteroatoms. The van der Waals surface area contributed by atoms with E-state index in [-0.39, 0.29) is 6.10 Å². The molecular weight excluding hydrogens is 248 g/mol. The van der Waals surface area contributed by atoms with Gasteiger partial charge in [0.05, 0.1) is 6.10 Å². The number of pyridine rings is 1. The van der Waals surface area contributed by atoms with Crippen LogP contribution in [0.1, 0.15) is 33.6 Å². The van der Waals surface area contributed by atoms with Gasteiger partial charge in [-0.3, -0.25) is 0 Å². The third-order valence-corrected chi connectivity index (χ3v) is 2.72. The number of ether oxygens (including phenoxy) is 1. The van der Waals surface area contributed by atoms with Gasteiger partial charge < -0.3 is 9.64 Å². The minimum Gasteiger partial charge on any atom is -0.487 e. The molecule has 0 fully saturated rings. The summed E-state index contributed by atoms with van der Waals surface area (Å²) in [5, 5.41) is 0. The summed E-state index contributed by atoms with van der Waals surface area (Å²) < 4.78 is 5.81. The Morgan fingerprint density at radius 2 is 2.17 bits per heavy atom. The molecule has 3 nitrogen and oxygen atoms in total. The van der Waals surface area contributed by atoms with Crippen LogP contribution in [-0.2, 0) is 0 Å². The van der Waals surface area contributed by atoms with Gasteiger partial charge in [0.15, 0.2) is 11.6 Å². The van der Waals surface area contributed by atoms with Crippen LogP contribution in [0.5, 0.6) is 5.75 Å². The Bertz CT molecular complexity index is 344. The van der Waals surface area contributed by atoms with Crippen LogP contribution in [0.3, 0.4) is 0 Å². The lowest BCUT2D eigenvalue weighted by molar-refractivity contribution is 0.242. The van der Waals surface area contributed by atoms with E-state index >= 15 is 0 Å². The minimum atomic E-state index is 0.150. The summed E-state index contributed by atoms with van der Waals surface area (Å²) in [6.45, 7) is 7.99. The zero-order valence-corrected chi connectivity index (χ0v) is 12.3. The fourth-order valence-corrected chi connectivity index (χ4v) is 1.94. The first-order valence-electron chi connectivity index (χ1n) is 6.61. The van der Waals surface area contributed by atoms with Crippen molar-refractivity contribution in [3.05, 3.63) is 18.3 Å². The predicted molar refractivity (Wildman–Crippen MR) is 77.8 cm³/mol. The normalized spacial score (nSPS) is 10.7. The van der Waals surface area contributed by atoms with Crippen molar-refractivity contribution in [3.63, 3.8) is 0 Å². The Labute approximate surface area is 115 Å². The van der Waals surface area contributed by atoms with Crippen LogP contribution in [0.4, 0.5) is 5.82 Å². The topological polar surface area (TPSA) is 25.4 Å². The fraction of sp³-hybridized carbons (Fsp3) is 0.643. The van der Waals surface area contributed by atoms with Gasteiger partial charge in [0.25, 0.3) is 0 Å². The van der Waals surface area contributed by atoms with Crippen molar-refractivity contribution in [2.24, 2.45) is 0 Å². The summed E-state index contributed by atoms with van der Waals surface area (Å²) in [7, 11) is 0. The SMILES string of the molecule is CCCCN(CCCl)c1ncccc1OC(C)C. The molecule has 0 aliphatic carbocycles. The molecule has 0 unspecified atom stereocenters. The quantitative estimate of drug-likeness (QED) is 0.674. The lowest BCUT2D eigenvalue weighted by atomic mass is 10.3. The highest BCUT2D eigenvalue weighted by molar-refractivity contribution is 6.18. The maximum Gasteiger partial charge on any atom is 0.171 e. The number of unbranched alkanes of at least 4 members (excludes halogenated alkanes) is 1. The number of anilines is 1. The van der Waals surface area contributed by atoms with E-state index in [1.165, 1.54) is 0 Å². The highest BCUT2D eigenvalue weighted by Gasteiger charge is 2.13. The van der Waals surface area contributed by atoms with Crippen molar-refractivity contribution < 1.29 is 4.74 Å². The number of halogens is 1. The van der Waals surface area contributed by atoms with Crippen LogP contribution in [0, 0.1) is 0 Å². The zero-order chi connectivity index (χ0) is 13.4. The Morgan fingerprint density at radius 1 is 1.39 bits per heavy atom. The van der Waals surface area contributed by atoms with E-state index in [0.717, 1.165) is 37.5 Å². The second-order valence-corrected chi connectivity index (χ2v) is 4.90. The lowest BCUT2D eigenvalue weighted by Crippen LogP contribution is -2.28. The molecule has 0 saturated carbocycles. The fourth-order valence-electron chi connectivity index (χ4n) is 1.74. The van der Waals surface area contributed by atoms with Crippen LogP contribution < -0.4 is 9.64 Å². The lowest BCUT2D eigenvalue weighted by Gasteiger charge is -2.25. The van der Waals surface area contributed by atoms with Crippen LogP contribution >= 0.6 is 11.6 Å². The molecule has 0 N–H and O–H groups in total. The van der Waals surface area contributed by atoms with E-state index in [0.29, 0.717) is 5.88 Å². The van der Waals surface area contributed by atoms with E-state index in [1.807, 2.05) is 26.0 Å². The van der Waals surface area contributed by atoms with Crippen molar-refractivity contribution >= 4 is 17.4 Å². The third kappa shape index (κ3) is 4.73. The smallest absolute Gasteiger partial charge is 0.171 e. The molecule has 1 aromatic heterocycles. The Balaban J connectivity index is 2.87. The largest absolute Gasteiger partial charge is 0.487 e. The maximum atomic E-state index is 5.87. The number of alkyl halides is 1. The molecule has 0 bridgehead atoms. The van der Waals surface area contributed by atoms with E-state index < -0.39 is 0 Å². The van der Waals surface area contributed by atoms with Gasteiger partial charge in [-0.1, -0.05) is 13.3 Å². The Morgan fingerprint density at radius 3 is 2.78 bits per heavy atom. The number of nitrogens with zero attached hydrogens (tertiary/aromatic N) is 2. The second kappa shape index (κ2) is 8.20. The summed E-state index contributed by atoms with van der Waals surface area (Å²) in [4.78, 5) is 6.65. The summed E-state index contributed by atoms with van der Waals surface area (Å²) in [6.07, 6.45) is 4.24. The number of aromatic nitrogens is 1. The molecule has 0 saturated heterocycles. The Hall–Kier alpha value is -0.960. The van der Waals surface area contributed by atoms with E-state index in [2.05, 4.69) is 16.8 Å². The molecule has 102 valence electrons. The average molecular weight is 271 g/mol. The standard InChI is InChI=1S/C14H23ClN2O/c1-4-5-10-17(11-8-15)14-13(18-12(2)3)7-6-9-16-14/h6-7,9,12H,4-5,8,10-11H2,1-3H3. The Kier molecular flexibility index (Phi) is 6.88. The molecule has 0 aromatic carbocycles. The first-order valence-corrected chi connectivity index (χ1v) is 7.15. The van der Waals surface area contributed by atoms with Crippen molar-refractivity contribution in [2.75, 3.05) is 23.9 Å². The molecule has 0 radical (unpaired) electrons. The van der Waals surface area contributed by atoms with Crippen molar-refractivity contribution in [1.29, 1.82) is 0 Å². The van der Waals surface area contributed by atoms with Gasteiger partial charge in [-0.25, -0.2) is 4.98 Å². The van der Waals surface area contributed by atoms with Gasteiger partial charge in [-0.05, 0) is 32.4 Å². The summed E-state index contributed by atoms with van der Waals surface area (Å²) >= 11 is 5.87. The van der Waals surface area contributed by atoms with Gasteiger partial charge in [0, 0.05) is 25.2 Å². The van der Waals surface area contributed by atoms with E-state index in [9.17, 15) is 0 Å². The van der Waals surface area contributed by atoms with Crippen LogP contribution in [0.15, 0.2) is 18.3 Å². The second-order valence-electron chi connectivity index (χ2n) is 4.52. The highest BCUT2D eigenvalue weighted by atomic mass is 35.5. The molecule has 0 aliphatic rings. The molecule has 0 atom stereocenters. The molecule has 0 amide bonds. The van der Waals surface area contributed by atoms with Gasteiger partial charge >= 0.3 is 0 Å². The number of rotatable bonds is 8. The minimum absolute atomic E-state index is 0.150. The van der Waals surface area contributed by atoms with Gasteiger partial charge in [-0.2, -0.15) is 0 Å². The van der Waals surface area contributed by atoms with Crippen LogP contribution in [0.2, 0.25) is 0 Å². The van der Waals surface area contributed by atoms with E-state index in [1.54, 1.807) is 6.20 Å². The number of hydrogen-bond acceptors (Lipinski definition) is 3. The average Bonchev–Trinajstić information content (AvgIpc) is 2.35. The maximum absolute atomic E-state index is 5.87. The summed E-state index contributed by atoms with van der Waals surface area (Å²) in [5.41, 5.74) is 0. The summed E-state index contributed by atoms with van der Waals surface area (Å²) in [5.74, 6) is 2.34. The first-order chi connectivity index (χ1) is 8.69. The molecule has 1 heterocycles. The van der Waals surface area contributed by atoms with E-state index in [4.69, 9.17) is 16.3 Å². The molecule has 1 aromatic rings. The van der Waals surface area contributed by atoms with Crippen molar-refractivity contribution in [3.8, 4) is 5.75 Å². The molecule has 1 rings (SSSR count). The molecular formula is C14H23ClN2O. The van der Waals surface area contributed by atoms with Crippen LogP contribution in [-0.4, -0.2) is 30.1 Å². The number of hydrogen-bond donors (Lipinski definition) is 0.